The van der Waals surface area contributed by atoms with E-state index in [0.29, 0.717) is 12.8 Å². The fourth-order valence-electron chi connectivity index (χ4n) is 2.43. The molecular formula is C14H19ClFNO. The van der Waals surface area contributed by atoms with E-state index in [1.807, 2.05) is 0 Å². The van der Waals surface area contributed by atoms with Gasteiger partial charge in [-0.2, -0.15) is 0 Å². The summed E-state index contributed by atoms with van der Waals surface area (Å²) in [7, 11) is 0. The van der Waals surface area contributed by atoms with Crippen LogP contribution in [0.25, 0.3) is 0 Å². The normalized spacial score (nSPS) is 29.2. The van der Waals surface area contributed by atoms with Crippen molar-refractivity contribution in [1.82, 2.24) is 5.32 Å². The van der Waals surface area contributed by atoms with E-state index in [9.17, 15) is 9.18 Å². The van der Waals surface area contributed by atoms with Crippen LogP contribution in [0.4, 0.5) is 4.39 Å². The summed E-state index contributed by atoms with van der Waals surface area (Å²) in [6.07, 6.45) is 1.55. The lowest BCUT2D eigenvalue weighted by molar-refractivity contribution is -0.128. The van der Waals surface area contributed by atoms with E-state index < -0.39 is 24.7 Å². The number of rotatable bonds is 3. The van der Waals surface area contributed by atoms with Crippen molar-refractivity contribution in [3.63, 3.8) is 0 Å². The first-order chi connectivity index (χ1) is 10.1. The molecule has 18 heavy (non-hydrogen) atoms. The molecule has 1 aromatic rings. The average molecular weight is 277 g/mol. The van der Waals surface area contributed by atoms with Gasteiger partial charge < -0.3 is 5.32 Å². The van der Waals surface area contributed by atoms with Crippen LogP contribution in [0.2, 0.25) is 0 Å². The number of likely N-dealkylation sites (N-methyl/N-ethyl adjacent to an activating group) is 1. The third-order valence-electron chi connectivity index (χ3n) is 3.29. The van der Waals surface area contributed by atoms with Crippen molar-refractivity contribution in [3.8, 4) is 0 Å². The van der Waals surface area contributed by atoms with Gasteiger partial charge in [-0.15, -0.1) is 12.4 Å². The number of carbonyl (C=O) groups excluding carboxylic acids is 1. The van der Waals surface area contributed by atoms with Crippen LogP contribution in [-0.4, -0.2) is 12.3 Å². The van der Waals surface area contributed by atoms with E-state index in [0.717, 1.165) is 0 Å². The van der Waals surface area contributed by atoms with E-state index in [1.54, 1.807) is 6.07 Å². The van der Waals surface area contributed by atoms with Crippen molar-refractivity contribution in [2.75, 3.05) is 6.50 Å². The van der Waals surface area contributed by atoms with Crippen molar-refractivity contribution in [3.05, 3.63) is 35.6 Å². The summed E-state index contributed by atoms with van der Waals surface area (Å²) in [5.74, 6) is -1.02. The van der Waals surface area contributed by atoms with Gasteiger partial charge in [0.05, 0.1) is 0 Å². The Morgan fingerprint density at radius 3 is 2.94 bits per heavy atom. The molecule has 0 amide bonds. The van der Waals surface area contributed by atoms with Crippen LogP contribution in [0, 0.1) is 5.82 Å². The quantitative estimate of drug-likeness (QED) is 0.919. The minimum absolute atomic E-state index is 0. The molecule has 0 heterocycles. The molecular weight excluding hydrogens is 253 g/mol. The molecule has 0 saturated heterocycles. The zero-order valence-corrected chi connectivity index (χ0v) is 10.6. The lowest BCUT2D eigenvalue weighted by Gasteiger charge is -2.37. The van der Waals surface area contributed by atoms with Crippen LogP contribution in [0.5, 0.6) is 0 Å². The van der Waals surface area contributed by atoms with Gasteiger partial charge in [-0.25, -0.2) is 4.39 Å². The maximum absolute atomic E-state index is 14.2. The number of benzene rings is 1. The van der Waals surface area contributed by atoms with E-state index >= 15 is 0 Å². The summed E-state index contributed by atoms with van der Waals surface area (Å²) in [5, 5.41) is 2.34. The Kier molecular flexibility index (Phi) is 3.17. The molecule has 0 spiro atoms. The first kappa shape index (κ1) is 9.05. The largest absolute Gasteiger partial charge is 0.301 e. The highest BCUT2D eigenvalue weighted by atomic mass is 35.5. The molecule has 0 bridgehead atoms. The Balaban J connectivity index is 0.00000264. The van der Waals surface area contributed by atoms with Crippen LogP contribution in [0.15, 0.2) is 24.3 Å². The lowest BCUT2D eigenvalue weighted by Crippen LogP contribution is -2.51. The number of Topliss-reactive ketones (excluding diaryl/α,β-unsaturated/α-hetero) is 1. The predicted molar refractivity (Wildman–Crippen MR) is 72.5 cm³/mol. The molecule has 2 nitrogen and oxygen atoms in total. The molecule has 1 atom stereocenters. The van der Waals surface area contributed by atoms with Gasteiger partial charge in [0.15, 0.2) is 5.78 Å². The van der Waals surface area contributed by atoms with Crippen molar-refractivity contribution in [1.29, 1.82) is 0 Å². The van der Waals surface area contributed by atoms with Crippen molar-refractivity contribution >= 4 is 18.2 Å². The maximum Gasteiger partial charge on any atom is 0.157 e. The summed E-state index contributed by atoms with van der Waals surface area (Å²) in [4.78, 5) is 12.5. The first-order valence-corrected chi connectivity index (χ1v) is 5.68. The molecule has 1 aromatic carbocycles. The summed E-state index contributed by atoms with van der Waals surface area (Å²) < 4.78 is 51.7. The molecule has 0 aromatic heterocycles. The molecule has 1 fully saturated rings. The Labute approximate surface area is 120 Å². The minimum Gasteiger partial charge on any atom is -0.301 e. The number of ketones is 1. The Morgan fingerprint density at radius 1 is 1.50 bits per heavy atom. The van der Waals surface area contributed by atoms with Gasteiger partial charge in [-0.3, -0.25) is 4.79 Å². The smallest absolute Gasteiger partial charge is 0.157 e. The van der Waals surface area contributed by atoms with E-state index in [-0.39, 0.29) is 36.6 Å². The van der Waals surface area contributed by atoms with Gasteiger partial charge in [-0.1, -0.05) is 31.5 Å². The summed E-state index contributed by atoms with van der Waals surface area (Å²) in [5.41, 5.74) is -1.63. The average Bonchev–Trinajstić information content (AvgIpc) is 2.40. The molecule has 1 aliphatic rings. The number of halogens is 2. The van der Waals surface area contributed by atoms with Crippen molar-refractivity contribution in [2.45, 2.75) is 38.1 Å². The summed E-state index contributed by atoms with van der Waals surface area (Å²) >= 11 is 0. The second-order valence-electron chi connectivity index (χ2n) is 4.27. The van der Waals surface area contributed by atoms with Crippen molar-refractivity contribution < 1.29 is 16.0 Å². The lowest BCUT2D eigenvalue weighted by atomic mass is 9.75. The van der Waals surface area contributed by atoms with E-state index in [2.05, 4.69) is 5.32 Å². The number of hydrogen-bond acceptors (Lipinski definition) is 2. The van der Waals surface area contributed by atoms with Gasteiger partial charge >= 0.3 is 0 Å². The SMILES string of the molecule is Cl.[2H]C([2H])([2H])C([2H])([2H])NC1(c2ccccc2F)CCCCC1=O. The van der Waals surface area contributed by atoms with Gasteiger partial charge in [0.1, 0.15) is 11.4 Å². The second-order valence-corrected chi connectivity index (χ2v) is 4.27. The third-order valence-corrected chi connectivity index (χ3v) is 3.29. The number of nitrogens with one attached hydrogen (secondary N) is 1. The Hall–Kier alpha value is -0.930. The van der Waals surface area contributed by atoms with Crippen molar-refractivity contribution in [2.24, 2.45) is 0 Å². The monoisotopic (exact) mass is 276 g/mol. The van der Waals surface area contributed by atoms with Gasteiger partial charge in [0.25, 0.3) is 0 Å². The van der Waals surface area contributed by atoms with Crippen LogP contribution in [-0.2, 0) is 10.3 Å². The highest BCUT2D eigenvalue weighted by molar-refractivity contribution is 5.90. The molecule has 1 N–H and O–H groups in total. The maximum atomic E-state index is 14.2. The highest BCUT2D eigenvalue weighted by Crippen LogP contribution is 2.35. The molecule has 0 radical (unpaired) electrons. The molecule has 1 aliphatic carbocycles. The van der Waals surface area contributed by atoms with Crippen LogP contribution in [0.3, 0.4) is 0 Å². The van der Waals surface area contributed by atoms with Crippen LogP contribution < -0.4 is 5.32 Å². The number of carbonyl (C=O) groups is 1. The molecule has 100 valence electrons. The Morgan fingerprint density at radius 2 is 2.28 bits per heavy atom. The van der Waals surface area contributed by atoms with Crippen LogP contribution >= 0.6 is 12.4 Å². The first-order valence-electron chi connectivity index (χ1n) is 8.18. The molecule has 1 saturated carbocycles. The zero-order chi connectivity index (χ0) is 16.6. The molecule has 4 heteroatoms. The zero-order valence-electron chi connectivity index (χ0n) is 14.8. The topological polar surface area (TPSA) is 29.1 Å². The van der Waals surface area contributed by atoms with Gasteiger partial charge in [0, 0.05) is 18.8 Å². The van der Waals surface area contributed by atoms with Crippen LogP contribution in [0.1, 0.15) is 45.0 Å². The summed E-state index contributed by atoms with van der Waals surface area (Å²) in [6, 6.07) is 5.61. The summed E-state index contributed by atoms with van der Waals surface area (Å²) in [6.45, 7) is -5.77. The molecule has 2 rings (SSSR count). The Bertz CT molecular complexity index is 581. The van der Waals surface area contributed by atoms with Gasteiger partial charge in [0.2, 0.25) is 0 Å². The minimum atomic E-state index is -2.97. The predicted octanol–water partition coefficient (Wildman–Crippen LogP) is 3.20. The third kappa shape index (κ3) is 2.57. The number of hydrogen-bond donors (Lipinski definition) is 1. The van der Waals surface area contributed by atoms with Gasteiger partial charge in [-0.05, 0) is 25.4 Å². The van der Waals surface area contributed by atoms with E-state index in [4.69, 9.17) is 6.85 Å². The van der Waals surface area contributed by atoms with E-state index in [1.165, 1.54) is 18.2 Å². The second kappa shape index (κ2) is 6.30. The highest BCUT2D eigenvalue weighted by Gasteiger charge is 2.42. The fraction of sp³-hybridized carbons (Fsp3) is 0.500. The molecule has 1 unspecified atom stereocenters. The standard InChI is InChI=1S/C14H18FNO.ClH/c1-2-16-14(10-6-5-9-13(14)17)11-7-3-4-8-12(11)15;/h3-4,7-8,16H,2,5-6,9-10H2,1H3;1H/i1D3,2D2;. The molecule has 0 aliphatic heterocycles. The fourth-order valence-corrected chi connectivity index (χ4v) is 2.43.